The molecule has 1 aliphatic rings. The van der Waals surface area contributed by atoms with Gasteiger partial charge in [0.2, 0.25) is 0 Å². The molecule has 1 aliphatic carbocycles. The number of aromatic nitrogens is 5. The van der Waals surface area contributed by atoms with Crippen molar-refractivity contribution in [2.24, 2.45) is 5.11 Å². The van der Waals surface area contributed by atoms with Gasteiger partial charge in [0.05, 0.1) is 24.0 Å². The zero-order chi connectivity index (χ0) is 23.7. The second kappa shape index (κ2) is 8.53. The summed E-state index contributed by atoms with van der Waals surface area (Å²) in [6, 6.07) is 10.0. The average molecular weight is 458 g/mol. The minimum atomic E-state index is -0.897. The van der Waals surface area contributed by atoms with E-state index < -0.39 is 5.41 Å². The lowest BCUT2D eigenvalue weighted by Gasteiger charge is -2.15. The number of esters is 1. The number of azide groups is 1. The molecule has 0 radical (unpaired) electrons. The van der Waals surface area contributed by atoms with Crippen molar-refractivity contribution in [3.05, 3.63) is 76.2 Å². The smallest absolute Gasteiger partial charge is 0.316 e. The molecule has 170 valence electrons. The second-order valence-electron chi connectivity index (χ2n) is 7.90. The van der Waals surface area contributed by atoms with Crippen LogP contribution in [0, 0.1) is 5.82 Å². The molecule has 0 amide bonds. The summed E-state index contributed by atoms with van der Waals surface area (Å²) in [4.78, 5) is 28.7. The van der Waals surface area contributed by atoms with Crippen LogP contribution in [0.15, 0.2) is 53.9 Å². The Morgan fingerprint density at radius 1 is 1.26 bits per heavy atom. The number of fused-ring (bicyclic) bond motifs is 1. The summed E-state index contributed by atoms with van der Waals surface area (Å²) in [7, 11) is 0. The van der Waals surface area contributed by atoms with Crippen LogP contribution < -0.4 is 0 Å². The van der Waals surface area contributed by atoms with E-state index in [1.165, 1.54) is 12.3 Å². The number of halogens is 1. The van der Waals surface area contributed by atoms with Gasteiger partial charge in [-0.05, 0) is 48.6 Å². The van der Waals surface area contributed by atoms with E-state index in [1.54, 1.807) is 42.1 Å². The molecule has 0 saturated heterocycles. The van der Waals surface area contributed by atoms with Crippen LogP contribution in [0.1, 0.15) is 30.9 Å². The van der Waals surface area contributed by atoms with E-state index in [9.17, 15) is 9.18 Å². The highest BCUT2D eigenvalue weighted by atomic mass is 19.1. The van der Waals surface area contributed by atoms with Gasteiger partial charge in [0.25, 0.3) is 0 Å². The SMILES string of the molecule is CCOC(=O)C1(c2cnc(-c3nn(Cc4ccccc4F)c4ncccc34)nc2N=[N+]=[N-])CC1. The van der Waals surface area contributed by atoms with Crippen molar-refractivity contribution in [2.75, 3.05) is 6.61 Å². The van der Waals surface area contributed by atoms with Crippen LogP contribution in [0.5, 0.6) is 0 Å². The molecule has 0 spiro atoms. The third-order valence-corrected chi connectivity index (χ3v) is 5.84. The summed E-state index contributed by atoms with van der Waals surface area (Å²) >= 11 is 0. The first-order valence-electron chi connectivity index (χ1n) is 10.7. The molecule has 0 aliphatic heterocycles. The fourth-order valence-electron chi connectivity index (χ4n) is 3.99. The van der Waals surface area contributed by atoms with Gasteiger partial charge in [-0.3, -0.25) is 4.79 Å². The standard InChI is InChI=1S/C23H19FN8O2/c1-2-34-22(33)23(9-10-23)16-12-27-20(28-19(16)29-31-25)18-15-7-5-11-26-21(15)32(30-18)13-14-6-3-4-8-17(14)24/h3-8,11-12H,2,9-10,13H2,1H3. The van der Waals surface area contributed by atoms with Crippen LogP contribution in [-0.2, 0) is 21.5 Å². The summed E-state index contributed by atoms with van der Waals surface area (Å²) in [5.41, 5.74) is 10.0. The number of nitrogens with zero attached hydrogens (tertiary/aromatic N) is 8. The molecule has 0 unspecified atom stereocenters. The molecule has 34 heavy (non-hydrogen) atoms. The molecule has 11 heteroatoms. The zero-order valence-electron chi connectivity index (χ0n) is 18.2. The Balaban J connectivity index is 1.61. The number of carbonyl (C=O) groups is 1. The summed E-state index contributed by atoms with van der Waals surface area (Å²) in [6.07, 6.45) is 4.24. The second-order valence-corrected chi connectivity index (χ2v) is 7.90. The van der Waals surface area contributed by atoms with Gasteiger partial charge in [0, 0.05) is 28.4 Å². The minimum absolute atomic E-state index is 0.0544. The topological polar surface area (TPSA) is 132 Å². The highest BCUT2D eigenvalue weighted by molar-refractivity contribution is 5.90. The summed E-state index contributed by atoms with van der Waals surface area (Å²) in [6.45, 7) is 2.14. The van der Waals surface area contributed by atoms with Crippen molar-refractivity contribution in [2.45, 2.75) is 31.7 Å². The third-order valence-electron chi connectivity index (χ3n) is 5.84. The van der Waals surface area contributed by atoms with E-state index in [0.29, 0.717) is 40.7 Å². The van der Waals surface area contributed by atoms with Crippen LogP contribution in [0.3, 0.4) is 0 Å². The Kier molecular flexibility index (Phi) is 5.39. The lowest BCUT2D eigenvalue weighted by atomic mass is 9.98. The molecule has 4 aromatic rings. The first-order valence-corrected chi connectivity index (χ1v) is 10.7. The van der Waals surface area contributed by atoms with Crippen molar-refractivity contribution in [1.82, 2.24) is 24.7 Å². The normalized spacial score (nSPS) is 13.9. The number of pyridine rings is 1. The average Bonchev–Trinajstić information content (AvgIpc) is 3.58. The maximum absolute atomic E-state index is 14.3. The van der Waals surface area contributed by atoms with Crippen LogP contribution in [0.2, 0.25) is 0 Å². The van der Waals surface area contributed by atoms with Gasteiger partial charge in [-0.2, -0.15) is 5.10 Å². The largest absolute Gasteiger partial charge is 0.465 e. The fraction of sp³-hybridized carbons (Fsp3) is 0.261. The maximum atomic E-state index is 14.3. The number of ether oxygens (including phenoxy) is 1. The molecular formula is C23H19FN8O2. The van der Waals surface area contributed by atoms with Gasteiger partial charge in [0.15, 0.2) is 11.5 Å². The van der Waals surface area contributed by atoms with Crippen molar-refractivity contribution in [3.63, 3.8) is 0 Å². The number of hydrogen-bond acceptors (Lipinski definition) is 7. The lowest BCUT2D eigenvalue weighted by Crippen LogP contribution is -2.24. The fourth-order valence-corrected chi connectivity index (χ4v) is 3.99. The Morgan fingerprint density at radius 2 is 2.09 bits per heavy atom. The van der Waals surface area contributed by atoms with Crippen molar-refractivity contribution >= 4 is 22.8 Å². The zero-order valence-corrected chi connectivity index (χ0v) is 18.2. The van der Waals surface area contributed by atoms with Crippen LogP contribution in [-0.4, -0.2) is 37.3 Å². The van der Waals surface area contributed by atoms with Gasteiger partial charge in [-0.25, -0.2) is 24.0 Å². The first kappa shape index (κ1) is 21.5. The molecule has 0 bridgehead atoms. The molecular weight excluding hydrogens is 439 g/mol. The molecule has 1 fully saturated rings. The highest BCUT2D eigenvalue weighted by Crippen LogP contribution is 2.52. The lowest BCUT2D eigenvalue weighted by molar-refractivity contribution is -0.146. The first-order chi connectivity index (χ1) is 16.6. The highest BCUT2D eigenvalue weighted by Gasteiger charge is 2.54. The number of benzene rings is 1. The van der Waals surface area contributed by atoms with Crippen molar-refractivity contribution in [1.29, 1.82) is 0 Å². The summed E-state index contributed by atoms with van der Waals surface area (Å²) in [5, 5.41) is 8.99. The van der Waals surface area contributed by atoms with Crippen molar-refractivity contribution in [3.8, 4) is 11.5 Å². The Morgan fingerprint density at radius 3 is 2.82 bits per heavy atom. The Hall–Kier alpha value is -4.37. The quantitative estimate of drug-likeness (QED) is 0.172. The van der Waals surface area contributed by atoms with Gasteiger partial charge < -0.3 is 4.74 Å². The van der Waals surface area contributed by atoms with Crippen LogP contribution in [0.25, 0.3) is 33.0 Å². The number of rotatable bonds is 7. The van der Waals surface area contributed by atoms with E-state index in [0.717, 1.165) is 0 Å². The predicted octanol–water partition coefficient (Wildman–Crippen LogP) is 4.61. The van der Waals surface area contributed by atoms with E-state index in [4.69, 9.17) is 10.3 Å². The van der Waals surface area contributed by atoms with Crippen molar-refractivity contribution < 1.29 is 13.9 Å². The van der Waals surface area contributed by atoms with Gasteiger partial charge in [0.1, 0.15) is 17.3 Å². The number of carbonyl (C=O) groups excluding carboxylic acids is 1. The maximum Gasteiger partial charge on any atom is 0.316 e. The van der Waals surface area contributed by atoms with E-state index >= 15 is 0 Å². The Bertz CT molecular complexity index is 1460. The third kappa shape index (κ3) is 3.61. The summed E-state index contributed by atoms with van der Waals surface area (Å²) < 4.78 is 21.0. The predicted molar refractivity (Wildman–Crippen MR) is 120 cm³/mol. The van der Waals surface area contributed by atoms with Gasteiger partial charge in [-0.15, -0.1) is 0 Å². The molecule has 0 N–H and O–H groups in total. The van der Waals surface area contributed by atoms with E-state index in [1.807, 2.05) is 6.07 Å². The summed E-state index contributed by atoms with van der Waals surface area (Å²) in [5.74, 6) is -0.469. The molecule has 5 rings (SSSR count). The molecule has 0 atom stereocenters. The molecule has 3 aromatic heterocycles. The minimum Gasteiger partial charge on any atom is -0.465 e. The number of hydrogen-bond donors (Lipinski definition) is 0. The Labute approximate surface area is 193 Å². The molecule has 3 heterocycles. The van der Waals surface area contributed by atoms with Crippen LogP contribution in [0.4, 0.5) is 10.2 Å². The van der Waals surface area contributed by atoms with Crippen LogP contribution >= 0.6 is 0 Å². The van der Waals surface area contributed by atoms with Gasteiger partial charge in [-0.1, -0.05) is 18.2 Å². The monoisotopic (exact) mass is 458 g/mol. The molecule has 1 saturated carbocycles. The molecule has 1 aromatic carbocycles. The van der Waals surface area contributed by atoms with E-state index in [-0.39, 0.29) is 36.6 Å². The molecule has 10 nitrogen and oxygen atoms in total. The van der Waals surface area contributed by atoms with Gasteiger partial charge >= 0.3 is 5.97 Å². The van der Waals surface area contributed by atoms with E-state index in [2.05, 4.69) is 30.1 Å².